The van der Waals surface area contributed by atoms with Gasteiger partial charge in [-0.2, -0.15) is 0 Å². The van der Waals surface area contributed by atoms with Crippen molar-refractivity contribution in [3.8, 4) is 0 Å². The average molecular weight is 240 g/mol. The van der Waals surface area contributed by atoms with Crippen molar-refractivity contribution in [1.82, 2.24) is 5.32 Å². The quantitative estimate of drug-likeness (QED) is 0.775. The minimum Gasteiger partial charge on any atom is -0.381 e. The second kappa shape index (κ2) is 4.25. The molecule has 0 bridgehead atoms. The number of methoxy groups -OCH3 is 1. The van der Waals surface area contributed by atoms with Crippen molar-refractivity contribution in [2.75, 3.05) is 7.11 Å². The molecule has 2 atom stereocenters. The van der Waals surface area contributed by atoms with Crippen molar-refractivity contribution < 1.29 is 9.53 Å². The van der Waals surface area contributed by atoms with Gasteiger partial charge in [-0.05, 0) is 25.7 Å². The average Bonchev–Trinajstić information content (AvgIpc) is 2.21. The molecule has 2 rings (SSSR count). The van der Waals surface area contributed by atoms with Crippen molar-refractivity contribution in [1.29, 1.82) is 0 Å². The van der Waals surface area contributed by atoms with Gasteiger partial charge in [0.1, 0.15) is 0 Å². The predicted octanol–water partition coefficient (Wildman–Crippen LogP) is 1.19. The normalized spacial score (nSPS) is 33.4. The van der Waals surface area contributed by atoms with Crippen LogP contribution in [0.5, 0.6) is 0 Å². The third-order valence-electron chi connectivity index (χ3n) is 4.66. The van der Waals surface area contributed by atoms with Crippen LogP contribution >= 0.6 is 0 Å². The van der Waals surface area contributed by atoms with E-state index in [1.807, 2.05) is 0 Å². The van der Waals surface area contributed by atoms with Crippen LogP contribution in [0.1, 0.15) is 46.0 Å². The van der Waals surface area contributed by atoms with E-state index in [0.717, 1.165) is 25.7 Å². The van der Waals surface area contributed by atoms with Crippen LogP contribution in [-0.4, -0.2) is 30.7 Å². The summed E-state index contributed by atoms with van der Waals surface area (Å²) in [4.78, 5) is 11.9. The third kappa shape index (κ3) is 2.33. The van der Waals surface area contributed by atoms with Crippen LogP contribution in [0.4, 0.5) is 0 Å². The fourth-order valence-corrected chi connectivity index (χ4v) is 2.90. The molecule has 0 aliphatic heterocycles. The van der Waals surface area contributed by atoms with Crippen molar-refractivity contribution in [2.45, 2.75) is 63.6 Å². The van der Waals surface area contributed by atoms with Gasteiger partial charge in [0.15, 0.2) is 0 Å². The molecule has 0 saturated heterocycles. The SMILES string of the molecule is COC1CC(NC(=O)CC2(N)CCC2)C1(C)C. The molecule has 0 aromatic carbocycles. The Labute approximate surface area is 103 Å². The minimum atomic E-state index is -0.224. The van der Waals surface area contributed by atoms with Gasteiger partial charge in [-0.3, -0.25) is 4.79 Å². The van der Waals surface area contributed by atoms with Crippen molar-refractivity contribution in [2.24, 2.45) is 11.1 Å². The van der Waals surface area contributed by atoms with E-state index in [9.17, 15) is 4.79 Å². The second-order valence-electron chi connectivity index (χ2n) is 6.29. The number of hydrogen-bond donors (Lipinski definition) is 2. The zero-order valence-corrected chi connectivity index (χ0v) is 11.1. The zero-order valence-electron chi connectivity index (χ0n) is 11.1. The molecule has 2 aliphatic carbocycles. The van der Waals surface area contributed by atoms with E-state index in [4.69, 9.17) is 10.5 Å². The van der Waals surface area contributed by atoms with E-state index >= 15 is 0 Å². The third-order valence-corrected chi connectivity index (χ3v) is 4.66. The lowest BCUT2D eigenvalue weighted by Crippen LogP contribution is -2.62. The number of carbonyl (C=O) groups excluding carboxylic acids is 1. The Kier molecular flexibility index (Phi) is 3.21. The minimum absolute atomic E-state index is 0.0335. The van der Waals surface area contributed by atoms with Gasteiger partial charge < -0.3 is 15.8 Å². The van der Waals surface area contributed by atoms with Crippen molar-refractivity contribution >= 4 is 5.91 Å². The molecular weight excluding hydrogens is 216 g/mol. The summed E-state index contributed by atoms with van der Waals surface area (Å²) in [6, 6.07) is 0.226. The number of carbonyl (C=O) groups is 1. The molecule has 0 aromatic heterocycles. The second-order valence-corrected chi connectivity index (χ2v) is 6.29. The zero-order chi connectivity index (χ0) is 12.7. The van der Waals surface area contributed by atoms with Crippen LogP contribution in [0, 0.1) is 5.41 Å². The van der Waals surface area contributed by atoms with E-state index in [2.05, 4.69) is 19.2 Å². The van der Waals surface area contributed by atoms with Crippen molar-refractivity contribution in [3.63, 3.8) is 0 Å². The molecular formula is C13H24N2O2. The summed E-state index contributed by atoms with van der Waals surface area (Å²) >= 11 is 0. The molecule has 4 nitrogen and oxygen atoms in total. The fraction of sp³-hybridized carbons (Fsp3) is 0.923. The van der Waals surface area contributed by atoms with E-state index in [1.54, 1.807) is 7.11 Å². The lowest BCUT2D eigenvalue weighted by Gasteiger charge is -2.51. The van der Waals surface area contributed by atoms with Gasteiger partial charge in [0.25, 0.3) is 0 Å². The molecule has 2 unspecified atom stereocenters. The standard InChI is InChI=1S/C13H24N2O2/c1-12(2)9(7-10(12)17-3)15-11(16)8-13(14)5-4-6-13/h9-10H,4-8,14H2,1-3H3,(H,15,16). The summed E-state index contributed by atoms with van der Waals surface area (Å²) in [5, 5.41) is 3.10. The maximum absolute atomic E-state index is 11.9. The van der Waals surface area contributed by atoms with Crippen LogP contribution < -0.4 is 11.1 Å². The maximum atomic E-state index is 11.9. The Hall–Kier alpha value is -0.610. The number of amides is 1. The maximum Gasteiger partial charge on any atom is 0.222 e. The first kappa shape index (κ1) is 12.8. The van der Waals surface area contributed by atoms with Crippen LogP contribution in [0.15, 0.2) is 0 Å². The molecule has 0 heterocycles. The van der Waals surface area contributed by atoms with Gasteiger partial charge in [-0.1, -0.05) is 13.8 Å². The molecule has 2 saturated carbocycles. The van der Waals surface area contributed by atoms with Crippen LogP contribution in [0.2, 0.25) is 0 Å². The summed E-state index contributed by atoms with van der Waals surface area (Å²) < 4.78 is 5.37. The first-order valence-electron chi connectivity index (χ1n) is 6.48. The highest BCUT2D eigenvalue weighted by Crippen LogP contribution is 2.42. The lowest BCUT2D eigenvalue weighted by atomic mass is 9.64. The number of nitrogens with two attached hydrogens (primary N) is 1. The van der Waals surface area contributed by atoms with Gasteiger partial charge in [-0.15, -0.1) is 0 Å². The number of hydrogen-bond acceptors (Lipinski definition) is 3. The molecule has 0 radical (unpaired) electrons. The molecule has 1 amide bonds. The number of nitrogens with one attached hydrogen (secondary N) is 1. The summed E-state index contributed by atoms with van der Waals surface area (Å²) in [5.74, 6) is 0.0971. The molecule has 2 aliphatic rings. The highest BCUT2D eigenvalue weighted by molar-refractivity contribution is 5.78. The molecule has 3 N–H and O–H groups in total. The van der Waals surface area contributed by atoms with E-state index < -0.39 is 0 Å². The number of ether oxygens (including phenoxy) is 1. The Bertz CT molecular complexity index is 311. The molecule has 4 heteroatoms. The lowest BCUT2D eigenvalue weighted by molar-refractivity contribution is -0.134. The van der Waals surface area contributed by atoms with Crippen LogP contribution in [-0.2, 0) is 9.53 Å². The van der Waals surface area contributed by atoms with Gasteiger partial charge in [0.2, 0.25) is 5.91 Å². The van der Waals surface area contributed by atoms with Crippen LogP contribution in [0.3, 0.4) is 0 Å². The van der Waals surface area contributed by atoms with Gasteiger partial charge in [-0.25, -0.2) is 0 Å². The van der Waals surface area contributed by atoms with Gasteiger partial charge in [0, 0.05) is 30.5 Å². The Balaban J connectivity index is 1.80. The highest BCUT2D eigenvalue weighted by Gasteiger charge is 2.49. The molecule has 98 valence electrons. The first-order chi connectivity index (χ1) is 7.87. The summed E-state index contributed by atoms with van der Waals surface area (Å²) in [6.45, 7) is 4.27. The Morgan fingerprint density at radius 2 is 2.12 bits per heavy atom. The van der Waals surface area contributed by atoms with Crippen LogP contribution in [0.25, 0.3) is 0 Å². The van der Waals surface area contributed by atoms with Gasteiger partial charge >= 0.3 is 0 Å². The fourth-order valence-electron chi connectivity index (χ4n) is 2.90. The Morgan fingerprint density at radius 3 is 2.53 bits per heavy atom. The van der Waals surface area contributed by atoms with Gasteiger partial charge in [0.05, 0.1) is 6.10 Å². The number of rotatable bonds is 4. The summed E-state index contributed by atoms with van der Waals surface area (Å²) in [5.41, 5.74) is 5.88. The van der Waals surface area contributed by atoms with E-state index in [1.165, 1.54) is 0 Å². The Morgan fingerprint density at radius 1 is 1.47 bits per heavy atom. The monoisotopic (exact) mass is 240 g/mol. The topological polar surface area (TPSA) is 64.3 Å². The highest BCUT2D eigenvalue weighted by atomic mass is 16.5. The summed E-state index contributed by atoms with van der Waals surface area (Å²) in [7, 11) is 1.73. The first-order valence-corrected chi connectivity index (χ1v) is 6.48. The summed E-state index contributed by atoms with van der Waals surface area (Å²) in [6.07, 6.45) is 4.75. The van der Waals surface area contributed by atoms with E-state index in [0.29, 0.717) is 6.42 Å². The van der Waals surface area contributed by atoms with Crippen molar-refractivity contribution in [3.05, 3.63) is 0 Å². The molecule has 0 spiro atoms. The molecule has 0 aromatic rings. The largest absolute Gasteiger partial charge is 0.381 e. The smallest absolute Gasteiger partial charge is 0.222 e. The molecule has 17 heavy (non-hydrogen) atoms. The molecule has 2 fully saturated rings. The van der Waals surface area contributed by atoms with E-state index in [-0.39, 0.29) is 29.0 Å². The predicted molar refractivity (Wildman–Crippen MR) is 66.5 cm³/mol.